The van der Waals surface area contributed by atoms with Gasteiger partial charge in [-0.3, -0.25) is 0 Å². The van der Waals surface area contributed by atoms with E-state index in [9.17, 15) is 8.42 Å². The van der Waals surface area contributed by atoms with Crippen molar-refractivity contribution in [2.24, 2.45) is 0 Å². The third kappa shape index (κ3) is 4.14. The van der Waals surface area contributed by atoms with E-state index in [0.717, 1.165) is 12.2 Å². The van der Waals surface area contributed by atoms with E-state index >= 15 is 0 Å². The predicted octanol–water partition coefficient (Wildman–Crippen LogP) is 3.07. The third-order valence-electron chi connectivity index (χ3n) is 3.69. The Balaban J connectivity index is 2.21. The summed E-state index contributed by atoms with van der Waals surface area (Å²) in [5.74, 6) is 1.10. The topological polar surface area (TPSA) is 58.2 Å². The maximum Gasteiger partial charge on any atom is 0.242 e. The summed E-state index contributed by atoms with van der Waals surface area (Å²) < 4.78 is 27.1. The molecule has 0 spiro atoms. The smallest absolute Gasteiger partial charge is 0.242 e. The summed E-state index contributed by atoms with van der Waals surface area (Å²) in [5, 5.41) is 4.04. The van der Waals surface area contributed by atoms with Gasteiger partial charge >= 0.3 is 0 Å². The summed E-state index contributed by atoms with van der Waals surface area (Å²) >= 11 is 1.96. The average molecular weight is 329 g/mol. The monoisotopic (exact) mass is 328 g/mol. The number of hydrogen-bond donors (Lipinski definition) is 2. The highest BCUT2D eigenvalue weighted by atomic mass is 32.2. The van der Waals surface area contributed by atoms with E-state index in [1.807, 2.05) is 23.9 Å². The molecule has 1 saturated carbocycles. The van der Waals surface area contributed by atoms with Gasteiger partial charge in [-0.2, -0.15) is 11.8 Å². The Morgan fingerprint density at radius 2 is 2.00 bits per heavy atom. The van der Waals surface area contributed by atoms with E-state index in [1.165, 1.54) is 12.8 Å². The number of sulfonamides is 1. The van der Waals surface area contributed by atoms with Crippen LogP contribution in [0.15, 0.2) is 29.2 Å². The molecule has 2 rings (SSSR count). The Morgan fingerprint density at radius 3 is 2.71 bits per heavy atom. The molecule has 6 heteroatoms. The summed E-state index contributed by atoms with van der Waals surface area (Å²) in [6.45, 7) is 4.36. The van der Waals surface area contributed by atoms with Crippen molar-refractivity contribution in [3.05, 3.63) is 24.3 Å². The van der Waals surface area contributed by atoms with Crippen molar-refractivity contribution < 1.29 is 8.42 Å². The summed E-state index contributed by atoms with van der Waals surface area (Å²) in [7, 11) is -3.43. The molecule has 4 nitrogen and oxygen atoms in total. The van der Waals surface area contributed by atoms with Gasteiger partial charge in [0.2, 0.25) is 10.0 Å². The molecule has 1 fully saturated rings. The maximum absolute atomic E-state index is 12.3. The first-order chi connectivity index (χ1) is 10.1. The molecule has 0 aromatic heterocycles. The molecule has 21 heavy (non-hydrogen) atoms. The molecule has 1 aliphatic rings. The molecule has 1 aliphatic carbocycles. The minimum atomic E-state index is -3.43. The van der Waals surface area contributed by atoms with Crippen LogP contribution >= 0.6 is 11.8 Å². The van der Waals surface area contributed by atoms with Crippen molar-refractivity contribution in [1.82, 2.24) is 4.72 Å². The van der Waals surface area contributed by atoms with Crippen LogP contribution in [0.25, 0.3) is 0 Å². The SMILES string of the molecule is CCNS(=O)(=O)c1ccccc1NC1CCCC1SCC. The standard InChI is InChI=1S/C15H24N2O2S2/c1-3-16-21(18,19)15-11-6-5-8-13(15)17-12-9-7-10-14(12)20-4-2/h5-6,8,11-12,14,16-17H,3-4,7,9-10H2,1-2H3. The second-order valence-corrected chi connectivity index (χ2v) is 8.42. The van der Waals surface area contributed by atoms with E-state index in [0.29, 0.717) is 28.4 Å². The average Bonchev–Trinajstić information content (AvgIpc) is 2.87. The van der Waals surface area contributed by atoms with Crippen LogP contribution in [0, 0.1) is 0 Å². The van der Waals surface area contributed by atoms with Gasteiger partial charge < -0.3 is 5.32 Å². The van der Waals surface area contributed by atoms with Crippen LogP contribution in [0.2, 0.25) is 0 Å². The van der Waals surface area contributed by atoms with Gasteiger partial charge in [-0.15, -0.1) is 0 Å². The van der Waals surface area contributed by atoms with Crippen molar-refractivity contribution in [3.63, 3.8) is 0 Å². The minimum Gasteiger partial charge on any atom is -0.380 e. The largest absolute Gasteiger partial charge is 0.380 e. The Labute approximate surface area is 132 Å². The normalized spacial score (nSPS) is 22.4. The quantitative estimate of drug-likeness (QED) is 0.807. The van der Waals surface area contributed by atoms with Crippen LogP contribution in [0.5, 0.6) is 0 Å². The molecule has 0 radical (unpaired) electrons. The molecule has 0 heterocycles. The lowest BCUT2D eigenvalue weighted by atomic mass is 10.2. The number of anilines is 1. The first kappa shape index (κ1) is 16.6. The fourth-order valence-electron chi connectivity index (χ4n) is 2.79. The lowest BCUT2D eigenvalue weighted by Crippen LogP contribution is -2.29. The molecule has 118 valence electrons. The summed E-state index contributed by atoms with van der Waals surface area (Å²) in [5.41, 5.74) is 0.715. The number of rotatable bonds is 7. The highest BCUT2D eigenvalue weighted by Gasteiger charge is 2.28. The second-order valence-electron chi connectivity index (χ2n) is 5.17. The molecule has 2 unspecified atom stereocenters. The number of benzene rings is 1. The van der Waals surface area contributed by atoms with Crippen LogP contribution in [-0.4, -0.2) is 32.0 Å². The molecule has 0 amide bonds. The molecular weight excluding hydrogens is 304 g/mol. The van der Waals surface area contributed by atoms with Crippen molar-refractivity contribution >= 4 is 27.5 Å². The zero-order chi connectivity index (χ0) is 15.3. The van der Waals surface area contributed by atoms with E-state index < -0.39 is 10.0 Å². The van der Waals surface area contributed by atoms with Gasteiger partial charge in [-0.1, -0.05) is 32.4 Å². The molecule has 1 aromatic carbocycles. The maximum atomic E-state index is 12.3. The van der Waals surface area contributed by atoms with Crippen molar-refractivity contribution in [2.45, 2.75) is 49.3 Å². The van der Waals surface area contributed by atoms with Crippen molar-refractivity contribution in [3.8, 4) is 0 Å². The van der Waals surface area contributed by atoms with Crippen molar-refractivity contribution in [1.29, 1.82) is 0 Å². The van der Waals surface area contributed by atoms with Gasteiger partial charge in [0, 0.05) is 17.8 Å². The number of para-hydroxylation sites is 1. The van der Waals surface area contributed by atoms with Gasteiger partial charge in [0.15, 0.2) is 0 Å². The fourth-order valence-corrected chi connectivity index (χ4v) is 5.20. The molecule has 2 atom stereocenters. The lowest BCUT2D eigenvalue weighted by molar-refractivity contribution is 0.584. The first-order valence-electron chi connectivity index (χ1n) is 7.55. The van der Waals surface area contributed by atoms with Crippen LogP contribution in [0.4, 0.5) is 5.69 Å². The Bertz CT molecular complexity index is 561. The van der Waals surface area contributed by atoms with Crippen LogP contribution in [-0.2, 0) is 10.0 Å². The van der Waals surface area contributed by atoms with E-state index in [2.05, 4.69) is 17.0 Å². The number of thioether (sulfide) groups is 1. The summed E-state index contributed by atoms with van der Waals surface area (Å²) in [6, 6.07) is 7.52. The van der Waals surface area contributed by atoms with Crippen molar-refractivity contribution in [2.75, 3.05) is 17.6 Å². The molecule has 0 aliphatic heterocycles. The van der Waals surface area contributed by atoms with Crippen LogP contribution < -0.4 is 10.0 Å². The van der Waals surface area contributed by atoms with Crippen LogP contribution in [0.3, 0.4) is 0 Å². The number of nitrogens with one attached hydrogen (secondary N) is 2. The second kappa shape index (κ2) is 7.51. The third-order valence-corrected chi connectivity index (χ3v) is 6.61. The summed E-state index contributed by atoms with van der Waals surface area (Å²) in [6.07, 6.45) is 3.52. The zero-order valence-corrected chi connectivity index (χ0v) is 14.3. The molecule has 2 N–H and O–H groups in total. The molecular formula is C15H24N2O2S2. The van der Waals surface area contributed by atoms with E-state index in [4.69, 9.17) is 0 Å². The van der Waals surface area contributed by atoms with Gasteiger partial charge in [0.25, 0.3) is 0 Å². The Morgan fingerprint density at radius 1 is 1.24 bits per heavy atom. The fraction of sp³-hybridized carbons (Fsp3) is 0.600. The van der Waals surface area contributed by atoms with Gasteiger partial charge in [-0.05, 0) is 30.7 Å². The lowest BCUT2D eigenvalue weighted by Gasteiger charge is -2.23. The van der Waals surface area contributed by atoms with E-state index in [1.54, 1.807) is 19.1 Å². The summed E-state index contributed by atoms with van der Waals surface area (Å²) in [4.78, 5) is 0.346. The minimum absolute atomic E-state index is 0.346. The molecule has 0 bridgehead atoms. The molecule has 0 saturated heterocycles. The number of hydrogen-bond acceptors (Lipinski definition) is 4. The Hall–Kier alpha value is -0.720. The Kier molecular flexibility index (Phi) is 5.96. The van der Waals surface area contributed by atoms with Gasteiger partial charge in [0.1, 0.15) is 4.90 Å². The predicted molar refractivity (Wildman–Crippen MR) is 90.5 cm³/mol. The van der Waals surface area contributed by atoms with Crippen LogP contribution in [0.1, 0.15) is 33.1 Å². The van der Waals surface area contributed by atoms with Gasteiger partial charge in [0.05, 0.1) is 5.69 Å². The molecule has 1 aromatic rings. The van der Waals surface area contributed by atoms with Gasteiger partial charge in [-0.25, -0.2) is 13.1 Å². The van der Waals surface area contributed by atoms with E-state index in [-0.39, 0.29) is 0 Å². The highest BCUT2D eigenvalue weighted by Crippen LogP contribution is 2.33. The zero-order valence-electron chi connectivity index (χ0n) is 12.6. The first-order valence-corrected chi connectivity index (χ1v) is 10.1. The highest BCUT2D eigenvalue weighted by molar-refractivity contribution is 7.99.